The number of nitro benzene ring substituents is 1. The van der Waals surface area contributed by atoms with Crippen molar-refractivity contribution in [3.63, 3.8) is 0 Å². The molecule has 2 N–H and O–H groups in total. The van der Waals surface area contributed by atoms with Crippen LogP contribution in [0.3, 0.4) is 0 Å². The number of aliphatic hydroxyl groups is 1. The standard InChI is InChI=1S/C55H64ClFN7O7PS2/c1-38(2)63-39(3)55(74(4,69)70)53(54(63)41-10-12-43(56)13-11-41)42-32-44(57)34-48(33-42)61-28-26-60(27-29-61)46-14-16-47(17-15-46)62-30-31-71-72(62,68)49-18-19-51(52(35-49)64(66)67)58-45(37-73-50-8-6-5-7-9-50)22-25-59-23-20-40(36-65)21-24-59/h5-19,32-35,38,40,45,58,65H,20-31,36-37H2,1-4H3/t45-,72-/m1/s1. The maximum atomic E-state index is 15.8. The van der Waals surface area contributed by atoms with E-state index in [1.807, 2.05) is 79.1 Å². The summed E-state index contributed by atoms with van der Waals surface area (Å²) < 4.78 is 67.6. The lowest BCUT2D eigenvalue weighted by atomic mass is 9.97. The van der Waals surface area contributed by atoms with E-state index in [9.17, 15) is 28.2 Å². The van der Waals surface area contributed by atoms with E-state index in [1.54, 1.807) is 47.6 Å². The van der Waals surface area contributed by atoms with Crippen LogP contribution in [0.1, 0.15) is 44.8 Å². The smallest absolute Gasteiger partial charge is 0.326 e. The van der Waals surface area contributed by atoms with E-state index < -0.39 is 28.1 Å². The van der Waals surface area contributed by atoms with E-state index in [-0.39, 0.29) is 41.2 Å². The van der Waals surface area contributed by atoms with Gasteiger partial charge in [0.1, 0.15) is 11.5 Å². The van der Waals surface area contributed by atoms with E-state index in [4.69, 9.17) is 16.1 Å². The molecule has 1 aromatic heterocycles. The maximum Gasteiger partial charge on any atom is 0.326 e. The molecular weight excluding hydrogens is 1020 g/mol. The predicted octanol–water partition coefficient (Wildman–Crippen LogP) is 11.2. The molecule has 0 bridgehead atoms. The number of piperazine rings is 1. The molecule has 0 amide bonds. The van der Waals surface area contributed by atoms with E-state index in [1.165, 1.54) is 24.5 Å². The van der Waals surface area contributed by atoms with E-state index >= 15 is 4.39 Å². The Morgan fingerprint density at radius 1 is 0.865 bits per heavy atom. The van der Waals surface area contributed by atoms with Gasteiger partial charge in [-0.3, -0.25) is 19.3 Å². The Labute approximate surface area is 443 Å². The number of nitro groups is 1. The number of piperidine rings is 1. The van der Waals surface area contributed by atoms with Crippen LogP contribution in [-0.4, -0.2) is 112 Å². The molecule has 3 aliphatic rings. The third-order valence-electron chi connectivity index (χ3n) is 14.4. The van der Waals surface area contributed by atoms with Crippen LogP contribution >= 0.6 is 30.9 Å². The molecular formula is C55H64ClFN7O7PS2. The molecule has 3 fully saturated rings. The largest absolute Gasteiger partial charge is 0.396 e. The van der Waals surface area contributed by atoms with Crippen molar-refractivity contribution in [2.45, 2.75) is 61.9 Å². The summed E-state index contributed by atoms with van der Waals surface area (Å²) in [6.45, 7) is 11.5. The zero-order chi connectivity index (χ0) is 52.3. The highest BCUT2D eigenvalue weighted by Crippen LogP contribution is 2.56. The number of nitrogens with zero attached hydrogens (tertiary/aromatic N) is 6. The lowest BCUT2D eigenvalue weighted by Crippen LogP contribution is -2.46. The number of anilines is 4. The van der Waals surface area contributed by atoms with Crippen molar-refractivity contribution in [2.75, 3.05) is 97.4 Å². The second kappa shape index (κ2) is 22.8. The van der Waals surface area contributed by atoms with Gasteiger partial charge in [0.25, 0.3) is 5.69 Å². The molecule has 0 radical (unpaired) electrons. The van der Waals surface area contributed by atoms with Crippen molar-refractivity contribution in [1.82, 2.24) is 9.47 Å². The van der Waals surface area contributed by atoms with Crippen molar-refractivity contribution in [2.24, 2.45) is 5.92 Å². The van der Waals surface area contributed by atoms with Gasteiger partial charge in [0.2, 0.25) is 0 Å². The summed E-state index contributed by atoms with van der Waals surface area (Å²) in [5.74, 6) is 0.542. The summed E-state index contributed by atoms with van der Waals surface area (Å²) in [5.41, 5.74) is 5.40. The Morgan fingerprint density at radius 2 is 1.53 bits per heavy atom. The van der Waals surface area contributed by atoms with Gasteiger partial charge >= 0.3 is 7.52 Å². The van der Waals surface area contributed by atoms with Gasteiger partial charge in [-0.05, 0) is 149 Å². The average molecular weight is 1080 g/mol. The highest BCUT2D eigenvalue weighted by molar-refractivity contribution is 7.99. The van der Waals surface area contributed by atoms with Gasteiger partial charge in [0.15, 0.2) is 9.84 Å². The number of likely N-dealkylation sites (tertiary alicyclic amines) is 1. The lowest BCUT2D eigenvalue weighted by Gasteiger charge is -2.37. The normalized spacial score (nSPS) is 18.4. The molecule has 4 heterocycles. The van der Waals surface area contributed by atoms with Crippen LogP contribution in [0.2, 0.25) is 5.02 Å². The Balaban J connectivity index is 0.898. The zero-order valence-corrected chi connectivity index (χ0v) is 45.5. The number of benzene rings is 5. The Kier molecular flexibility index (Phi) is 16.5. The minimum Gasteiger partial charge on any atom is -0.396 e. The number of halogens is 2. The highest BCUT2D eigenvalue weighted by atomic mass is 35.5. The summed E-state index contributed by atoms with van der Waals surface area (Å²) in [7, 11) is -7.50. The number of hydrogen-bond donors (Lipinski definition) is 2. The van der Waals surface area contributed by atoms with E-state index in [0.717, 1.165) is 55.0 Å². The predicted molar refractivity (Wildman–Crippen MR) is 298 cm³/mol. The maximum absolute atomic E-state index is 15.8. The fourth-order valence-corrected chi connectivity index (χ4v) is 15.2. The van der Waals surface area contributed by atoms with Gasteiger partial charge in [-0.1, -0.05) is 41.9 Å². The number of sulfone groups is 1. The second-order valence-electron chi connectivity index (χ2n) is 19.7. The van der Waals surface area contributed by atoms with E-state index in [0.29, 0.717) is 89.0 Å². The molecule has 392 valence electrons. The molecule has 3 aliphatic heterocycles. The molecule has 0 aliphatic carbocycles. The molecule has 2 atom stereocenters. The number of nitrogens with one attached hydrogen (secondary N) is 1. The fraction of sp³-hybridized carbons (Fsp3) is 0.382. The van der Waals surface area contributed by atoms with Crippen molar-refractivity contribution in [3.8, 4) is 22.4 Å². The van der Waals surface area contributed by atoms with Gasteiger partial charge in [-0.25, -0.2) is 12.8 Å². The SMILES string of the molecule is Cc1c(S(C)(=O)=O)c(-c2cc(F)cc(N3CCN(c4ccc(N5CCO[P@]5(=O)c5ccc(N[C@H](CCN6CCC(CO)CC6)CSc6ccccc6)c([N+](=O)[O-])c5)cc4)CC3)c2)c(-c2ccc(Cl)cc2)n1C(C)C. The van der Waals surface area contributed by atoms with Crippen molar-refractivity contribution < 1.29 is 31.9 Å². The van der Waals surface area contributed by atoms with Gasteiger partial charge < -0.3 is 34.2 Å². The lowest BCUT2D eigenvalue weighted by molar-refractivity contribution is -0.383. The van der Waals surface area contributed by atoms with Crippen LogP contribution in [0.5, 0.6) is 0 Å². The van der Waals surface area contributed by atoms with E-state index in [2.05, 4.69) is 32.1 Å². The van der Waals surface area contributed by atoms with Gasteiger partial charge in [0.05, 0.1) is 34.0 Å². The van der Waals surface area contributed by atoms with Crippen LogP contribution in [0.15, 0.2) is 125 Å². The molecule has 19 heteroatoms. The number of aromatic nitrogens is 1. The minimum absolute atomic E-state index is 0.0973. The number of thioether (sulfide) groups is 1. The second-order valence-corrected chi connectivity index (χ2v) is 25.5. The number of aliphatic hydroxyl groups excluding tert-OH is 1. The average Bonchev–Trinajstić information content (AvgIpc) is 3.96. The first-order valence-electron chi connectivity index (χ1n) is 25.2. The fourth-order valence-electron chi connectivity index (χ4n) is 10.7. The van der Waals surface area contributed by atoms with Gasteiger partial charge in [-0.2, -0.15) is 0 Å². The summed E-state index contributed by atoms with van der Waals surface area (Å²) in [6.07, 6.45) is 3.85. The Morgan fingerprint density at radius 3 is 2.16 bits per heavy atom. The minimum atomic E-state index is -3.76. The Bertz CT molecular complexity index is 3120. The first-order chi connectivity index (χ1) is 35.5. The first kappa shape index (κ1) is 53.4. The topological polar surface area (TPSA) is 154 Å². The van der Waals surface area contributed by atoms with Crippen LogP contribution in [0.25, 0.3) is 22.4 Å². The highest BCUT2D eigenvalue weighted by Gasteiger charge is 2.41. The van der Waals surface area contributed by atoms with Gasteiger partial charge in [0, 0.05) is 108 Å². The quantitative estimate of drug-likeness (QED) is 0.0364. The molecule has 3 saturated heterocycles. The summed E-state index contributed by atoms with van der Waals surface area (Å²) >= 11 is 7.97. The first-order valence-corrected chi connectivity index (χ1v) is 30.0. The van der Waals surface area contributed by atoms with Crippen molar-refractivity contribution in [3.05, 3.63) is 142 Å². The Hall–Kier alpha value is -5.39. The molecule has 5 aromatic carbocycles. The van der Waals surface area contributed by atoms with Crippen LogP contribution in [-0.2, 0) is 18.9 Å². The molecule has 0 spiro atoms. The third-order valence-corrected chi connectivity index (χ3v) is 19.6. The van der Waals surface area contributed by atoms with Crippen molar-refractivity contribution >= 4 is 74.5 Å². The molecule has 6 aromatic rings. The van der Waals surface area contributed by atoms with Crippen LogP contribution in [0, 0.1) is 28.8 Å². The van der Waals surface area contributed by atoms with Crippen molar-refractivity contribution in [1.29, 1.82) is 0 Å². The van der Waals surface area contributed by atoms with Crippen LogP contribution in [0.4, 0.5) is 32.8 Å². The molecule has 14 nitrogen and oxygen atoms in total. The molecule has 0 unspecified atom stereocenters. The van der Waals surface area contributed by atoms with Crippen LogP contribution < -0.4 is 25.1 Å². The zero-order valence-electron chi connectivity index (χ0n) is 42.2. The monoisotopic (exact) mass is 1080 g/mol. The summed E-state index contributed by atoms with van der Waals surface area (Å²) in [6, 6.07) is 34.4. The van der Waals surface area contributed by atoms with Gasteiger partial charge in [-0.15, -0.1) is 11.8 Å². The molecule has 0 saturated carbocycles. The summed E-state index contributed by atoms with van der Waals surface area (Å²) in [4.78, 5) is 20.3. The third kappa shape index (κ3) is 11.7. The summed E-state index contributed by atoms with van der Waals surface area (Å²) in [5, 5.41) is 26.7. The number of hydrogen-bond acceptors (Lipinski definition) is 12. The number of rotatable bonds is 18. The molecule has 74 heavy (non-hydrogen) atoms. The molecule has 9 rings (SSSR count).